The molecule has 2 aromatic carbocycles. The summed E-state index contributed by atoms with van der Waals surface area (Å²) in [5, 5.41) is 4.22. The Hall–Kier alpha value is -2.95. The molecular formula is C25H32N2O3. The van der Waals surface area contributed by atoms with Crippen LogP contribution in [0.25, 0.3) is 10.9 Å². The van der Waals surface area contributed by atoms with Crippen molar-refractivity contribution in [3.05, 3.63) is 59.8 Å². The van der Waals surface area contributed by atoms with Gasteiger partial charge < -0.3 is 19.8 Å². The Kier molecular flexibility index (Phi) is 7.77. The number of unbranched alkanes of at least 4 members (excludes halogenated alkanes) is 3. The maximum absolute atomic E-state index is 12.8. The molecule has 1 amide bonds. The lowest BCUT2D eigenvalue weighted by Crippen LogP contribution is -2.26. The summed E-state index contributed by atoms with van der Waals surface area (Å²) in [6.45, 7) is 2.91. The van der Waals surface area contributed by atoms with Gasteiger partial charge in [0.15, 0.2) is 0 Å². The number of aromatic nitrogens is 1. The number of carbonyl (C=O) groups excluding carboxylic acids is 1. The average Bonchev–Trinajstić information content (AvgIpc) is 3.21. The first-order chi connectivity index (χ1) is 14.7. The largest absolute Gasteiger partial charge is 0.497 e. The van der Waals surface area contributed by atoms with Gasteiger partial charge in [0.2, 0.25) is 5.91 Å². The van der Waals surface area contributed by atoms with Crippen molar-refractivity contribution in [2.24, 2.45) is 0 Å². The maximum atomic E-state index is 12.8. The van der Waals surface area contributed by atoms with Gasteiger partial charge in [0.05, 0.1) is 14.2 Å². The molecule has 1 atom stereocenters. The summed E-state index contributed by atoms with van der Waals surface area (Å²) in [5.41, 5.74) is 3.13. The van der Waals surface area contributed by atoms with Crippen LogP contribution in [0.5, 0.6) is 11.5 Å². The number of hydrogen-bond acceptors (Lipinski definition) is 3. The fourth-order valence-corrected chi connectivity index (χ4v) is 3.91. The quantitative estimate of drug-likeness (QED) is 0.417. The molecule has 0 radical (unpaired) electrons. The molecule has 0 saturated carbocycles. The molecule has 0 aliphatic heterocycles. The molecule has 0 aliphatic rings. The monoisotopic (exact) mass is 408 g/mol. The zero-order valence-corrected chi connectivity index (χ0v) is 18.2. The number of benzene rings is 2. The minimum Gasteiger partial charge on any atom is -0.497 e. The highest BCUT2D eigenvalue weighted by Gasteiger charge is 2.24. The van der Waals surface area contributed by atoms with Gasteiger partial charge in [-0.1, -0.05) is 50.5 Å². The van der Waals surface area contributed by atoms with Crippen LogP contribution in [0.2, 0.25) is 0 Å². The molecule has 5 nitrogen and oxygen atoms in total. The number of nitrogens with one attached hydrogen (secondary N) is 2. The van der Waals surface area contributed by atoms with Crippen molar-refractivity contribution in [3.63, 3.8) is 0 Å². The highest BCUT2D eigenvalue weighted by atomic mass is 16.5. The number of H-pyrrole nitrogens is 1. The van der Waals surface area contributed by atoms with E-state index in [2.05, 4.69) is 29.4 Å². The van der Waals surface area contributed by atoms with E-state index in [9.17, 15) is 4.79 Å². The second kappa shape index (κ2) is 10.7. The van der Waals surface area contributed by atoms with Gasteiger partial charge in [-0.15, -0.1) is 0 Å². The van der Waals surface area contributed by atoms with Crippen LogP contribution in [0, 0.1) is 0 Å². The van der Waals surface area contributed by atoms with E-state index >= 15 is 0 Å². The first-order valence-corrected chi connectivity index (χ1v) is 10.7. The lowest BCUT2D eigenvalue weighted by atomic mass is 9.87. The van der Waals surface area contributed by atoms with E-state index in [-0.39, 0.29) is 11.8 Å². The Labute approximate surface area is 178 Å². The number of amides is 1. The van der Waals surface area contributed by atoms with E-state index in [1.54, 1.807) is 14.2 Å². The molecule has 3 rings (SSSR count). The smallest absolute Gasteiger partial charge is 0.220 e. The van der Waals surface area contributed by atoms with Gasteiger partial charge in [-0.25, -0.2) is 0 Å². The van der Waals surface area contributed by atoms with Crippen molar-refractivity contribution >= 4 is 16.8 Å². The topological polar surface area (TPSA) is 63.4 Å². The predicted octanol–water partition coefficient (Wildman–Crippen LogP) is 5.40. The molecule has 30 heavy (non-hydrogen) atoms. The van der Waals surface area contributed by atoms with E-state index < -0.39 is 0 Å². The molecule has 5 heteroatoms. The van der Waals surface area contributed by atoms with Crippen molar-refractivity contribution in [1.29, 1.82) is 0 Å². The van der Waals surface area contributed by atoms with Crippen LogP contribution in [0.3, 0.4) is 0 Å². The Morgan fingerprint density at radius 3 is 2.63 bits per heavy atom. The average molecular weight is 409 g/mol. The highest BCUT2D eigenvalue weighted by molar-refractivity contribution is 5.86. The van der Waals surface area contributed by atoms with E-state index in [4.69, 9.17) is 9.47 Å². The Morgan fingerprint density at radius 2 is 1.87 bits per heavy atom. The second-order valence-electron chi connectivity index (χ2n) is 7.56. The number of methoxy groups -OCH3 is 2. The van der Waals surface area contributed by atoms with E-state index in [1.165, 1.54) is 12.8 Å². The van der Waals surface area contributed by atoms with Gasteiger partial charge >= 0.3 is 0 Å². The number of para-hydroxylation sites is 1. The van der Waals surface area contributed by atoms with Crippen molar-refractivity contribution < 1.29 is 14.3 Å². The number of hydrogen-bond donors (Lipinski definition) is 2. The fraction of sp³-hybridized carbons (Fsp3) is 0.400. The van der Waals surface area contributed by atoms with Crippen molar-refractivity contribution in [3.8, 4) is 11.5 Å². The molecule has 160 valence electrons. The zero-order chi connectivity index (χ0) is 21.3. The Morgan fingerprint density at radius 1 is 1.03 bits per heavy atom. The van der Waals surface area contributed by atoms with Gasteiger partial charge in [-0.05, 0) is 24.1 Å². The lowest BCUT2D eigenvalue weighted by molar-refractivity contribution is -0.121. The molecule has 0 spiro atoms. The van der Waals surface area contributed by atoms with Crippen LogP contribution in [0.4, 0.5) is 0 Å². The van der Waals surface area contributed by atoms with Crippen molar-refractivity contribution in [2.45, 2.75) is 44.9 Å². The van der Waals surface area contributed by atoms with Gasteiger partial charge in [-0.2, -0.15) is 0 Å². The highest BCUT2D eigenvalue weighted by Crippen LogP contribution is 2.39. The summed E-state index contributed by atoms with van der Waals surface area (Å²) in [7, 11) is 3.29. The van der Waals surface area contributed by atoms with Crippen molar-refractivity contribution in [1.82, 2.24) is 10.3 Å². The zero-order valence-electron chi connectivity index (χ0n) is 18.2. The summed E-state index contributed by atoms with van der Waals surface area (Å²) in [4.78, 5) is 16.2. The summed E-state index contributed by atoms with van der Waals surface area (Å²) < 4.78 is 11.0. The Bertz CT molecular complexity index is 964. The number of aromatic amines is 1. The summed E-state index contributed by atoms with van der Waals surface area (Å²) in [6, 6.07) is 14.0. The minimum absolute atomic E-state index is 0.0552. The third kappa shape index (κ3) is 5.15. The maximum Gasteiger partial charge on any atom is 0.220 e. The van der Waals surface area contributed by atoms with Crippen LogP contribution in [-0.4, -0.2) is 31.7 Å². The second-order valence-corrected chi connectivity index (χ2v) is 7.56. The summed E-state index contributed by atoms with van der Waals surface area (Å²) in [6.07, 6.45) is 6.93. The first kappa shape index (κ1) is 21.8. The fourth-order valence-electron chi connectivity index (χ4n) is 3.91. The van der Waals surface area contributed by atoms with Gasteiger partial charge in [0, 0.05) is 47.6 Å². The number of fused-ring (bicyclic) bond motifs is 1. The van der Waals surface area contributed by atoms with Crippen LogP contribution in [0.1, 0.15) is 56.1 Å². The predicted molar refractivity (Wildman–Crippen MR) is 121 cm³/mol. The van der Waals surface area contributed by atoms with Crippen LogP contribution in [-0.2, 0) is 4.79 Å². The number of ether oxygens (including phenoxy) is 2. The normalized spacial score (nSPS) is 12.0. The first-order valence-electron chi connectivity index (χ1n) is 10.7. The molecule has 1 heterocycles. The lowest BCUT2D eigenvalue weighted by Gasteiger charge is -2.20. The molecule has 2 N–H and O–H groups in total. The molecule has 0 aliphatic carbocycles. The Balaban J connectivity index is 1.89. The summed E-state index contributed by atoms with van der Waals surface area (Å²) >= 11 is 0. The van der Waals surface area contributed by atoms with E-state index in [0.29, 0.717) is 6.42 Å². The summed E-state index contributed by atoms with van der Waals surface area (Å²) in [5.74, 6) is 1.38. The third-order valence-electron chi connectivity index (χ3n) is 5.55. The third-order valence-corrected chi connectivity index (χ3v) is 5.55. The standard InChI is InChI=1S/C25H32N2O3/c1-4-5-6-9-14-26-25(28)16-21(20-13-12-18(29-2)15-24(20)30-3)22-17-27-23-11-8-7-10-19(22)23/h7-8,10-13,15,17,21,27H,4-6,9,14,16H2,1-3H3,(H,26,28)/t21-/m1/s1. The van der Waals surface area contributed by atoms with Gasteiger partial charge in [0.1, 0.15) is 11.5 Å². The minimum atomic E-state index is -0.127. The molecule has 0 fully saturated rings. The molecule has 0 saturated heterocycles. The van der Waals surface area contributed by atoms with Crippen LogP contribution >= 0.6 is 0 Å². The number of rotatable bonds is 11. The van der Waals surface area contributed by atoms with Crippen LogP contribution in [0.15, 0.2) is 48.7 Å². The van der Waals surface area contributed by atoms with E-state index in [1.807, 2.05) is 36.5 Å². The van der Waals surface area contributed by atoms with Gasteiger partial charge in [0.25, 0.3) is 0 Å². The van der Waals surface area contributed by atoms with Crippen LogP contribution < -0.4 is 14.8 Å². The molecule has 0 unspecified atom stereocenters. The van der Waals surface area contributed by atoms with Gasteiger partial charge in [-0.3, -0.25) is 4.79 Å². The molecule has 0 bridgehead atoms. The molecule has 3 aromatic rings. The van der Waals surface area contributed by atoms with E-state index in [0.717, 1.165) is 52.9 Å². The molecular weight excluding hydrogens is 376 g/mol. The SMILES string of the molecule is CCCCCCNC(=O)C[C@H](c1ccc(OC)cc1OC)c1c[nH]c2ccccc12. The molecule has 1 aromatic heterocycles. The van der Waals surface area contributed by atoms with Crippen molar-refractivity contribution in [2.75, 3.05) is 20.8 Å². The number of carbonyl (C=O) groups is 1.